The minimum absolute atomic E-state index is 0.0487. The first-order valence-corrected chi connectivity index (χ1v) is 7.83. The van der Waals surface area contributed by atoms with Gasteiger partial charge in [0.05, 0.1) is 5.71 Å². The predicted octanol–water partition coefficient (Wildman–Crippen LogP) is 3.78. The van der Waals surface area contributed by atoms with Crippen LogP contribution < -0.4 is 10.2 Å². The number of rotatable bonds is 5. The molecular weight excluding hydrogens is 288 g/mol. The van der Waals surface area contributed by atoms with Crippen molar-refractivity contribution in [2.75, 3.05) is 6.61 Å². The molecule has 1 amide bonds. The first kappa shape index (κ1) is 17.0. The van der Waals surface area contributed by atoms with Crippen molar-refractivity contribution >= 4 is 11.6 Å². The SMILES string of the molecule is C=C(C)[C@@H]1CC=C(C)/C(=N/NC(=O)COc2cccc(C)c2)C1. The van der Waals surface area contributed by atoms with Crippen molar-refractivity contribution in [2.45, 2.75) is 33.6 Å². The second-order valence-electron chi connectivity index (χ2n) is 6.07. The Bertz CT molecular complexity index is 659. The molecule has 1 aromatic carbocycles. The van der Waals surface area contributed by atoms with E-state index in [9.17, 15) is 4.79 Å². The highest BCUT2D eigenvalue weighted by Gasteiger charge is 2.18. The molecule has 0 unspecified atom stereocenters. The van der Waals surface area contributed by atoms with Gasteiger partial charge in [0.2, 0.25) is 0 Å². The number of hydrogen-bond donors (Lipinski definition) is 1. The van der Waals surface area contributed by atoms with E-state index in [-0.39, 0.29) is 12.5 Å². The van der Waals surface area contributed by atoms with Crippen molar-refractivity contribution in [2.24, 2.45) is 11.0 Å². The van der Waals surface area contributed by atoms with Crippen molar-refractivity contribution in [1.29, 1.82) is 0 Å². The second-order valence-corrected chi connectivity index (χ2v) is 6.07. The molecule has 2 rings (SSSR count). The summed E-state index contributed by atoms with van der Waals surface area (Å²) in [5.41, 5.74) is 6.85. The van der Waals surface area contributed by atoms with Gasteiger partial charge < -0.3 is 4.74 Å². The average molecular weight is 312 g/mol. The molecule has 0 saturated heterocycles. The minimum Gasteiger partial charge on any atom is -0.484 e. The molecule has 1 aliphatic carbocycles. The fourth-order valence-electron chi connectivity index (χ4n) is 2.44. The lowest BCUT2D eigenvalue weighted by Crippen LogP contribution is -2.27. The number of allylic oxidation sites excluding steroid dienone is 3. The molecule has 4 heteroatoms. The van der Waals surface area contributed by atoms with E-state index in [4.69, 9.17) is 4.74 Å². The molecule has 0 heterocycles. The molecule has 0 aliphatic heterocycles. The summed E-state index contributed by atoms with van der Waals surface area (Å²) in [6, 6.07) is 7.61. The van der Waals surface area contributed by atoms with Crippen LogP contribution in [0.2, 0.25) is 0 Å². The van der Waals surface area contributed by atoms with Crippen LogP contribution in [0.25, 0.3) is 0 Å². The Hall–Kier alpha value is -2.36. The van der Waals surface area contributed by atoms with Crippen LogP contribution in [-0.4, -0.2) is 18.2 Å². The summed E-state index contributed by atoms with van der Waals surface area (Å²) in [6.45, 7) is 9.99. The molecule has 1 atom stereocenters. The number of hydrogen-bond acceptors (Lipinski definition) is 3. The van der Waals surface area contributed by atoms with Gasteiger partial charge in [0.1, 0.15) is 5.75 Å². The quantitative estimate of drug-likeness (QED) is 0.664. The van der Waals surface area contributed by atoms with E-state index in [1.165, 1.54) is 0 Å². The minimum atomic E-state index is -0.260. The monoisotopic (exact) mass is 312 g/mol. The second kappa shape index (κ2) is 7.77. The summed E-state index contributed by atoms with van der Waals surface area (Å²) in [5, 5.41) is 4.25. The standard InChI is InChI=1S/C19H24N2O2/c1-13(2)16-9-8-15(4)18(11-16)20-21-19(22)12-23-17-7-5-6-14(3)10-17/h5-8,10,16H,1,9,11-12H2,2-4H3,(H,21,22)/b20-18+/t16-/m1/s1. The molecular formula is C19H24N2O2. The highest BCUT2D eigenvalue weighted by molar-refractivity contribution is 6.01. The first-order valence-electron chi connectivity index (χ1n) is 7.83. The maximum atomic E-state index is 11.9. The molecule has 23 heavy (non-hydrogen) atoms. The Morgan fingerprint density at radius 2 is 2.22 bits per heavy atom. The van der Waals surface area contributed by atoms with Crippen LogP contribution >= 0.6 is 0 Å². The Morgan fingerprint density at radius 3 is 2.91 bits per heavy atom. The lowest BCUT2D eigenvalue weighted by atomic mass is 9.85. The molecule has 0 radical (unpaired) electrons. The highest BCUT2D eigenvalue weighted by Crippen LogP contribution is 2.26. The van der Waals surface area contributed by atoms with Crippen LogP contribution in [0, 0.1) is 12.8 Å². The van der Waals surface area contributed by atoms with Gasteiger partial charge in [-0.15, -0.1) is 0 Å². The normalized spacial score (nSPS) is 19.2. The number of ether oxygens (including phenoxy) is 1. The lowest BCUT2D eigenvalue weighted by Gasteiger charge is -2.22. The van der Waals surface area contributed by atoms with Crippen LogP contribution in [0.1, 0.15) is 32.3 Å². The van der Waals surface area contributed by atoms with Crippen molar-refractivity contribution in [3.63, 3.8) is 0 Å². The van der Waals surface area contributed by atoms with Crippen LogP contribution in [0.5, 0.6) is 5.75 Å². The molecule has 122 valence electrons. The third-order valence-electron chi connectivity index (χ3n) is 3.98. The Balaban J connectivity index is 1.88. The number of carbonyl (C=O) groups excluding carboxylic acids is 1. The molecule has 1 aliphatic rings. The van der Waals surface area contributed by atoms with Crippen molar-refractivity contribution < 1.29 is 9.53 Å². The summed E-state index contributed by atoms with van der Waals surface area (Å²) in [7, 11) is 0. The fraction of sp³-hybridized carbons (Fsp3) is 0.368. The summed E-state index contributed by atoms with van der Waals surface area (Å²) >= 11 is 0. The van der Waals surface area contributed by atoms with Gasteiger partial charge in [-0.3, -0.25) is 4.79 Å². The zero-order valence-electron chi connectivity index (χ0n) is 14.1. The van der Waals surface area contributed by atoms with E-state index in [0.29, 0.717) is 11.7 Å². The zero-order valence-corrected chi connectivity index (χ0v) is 14.1. The number of aryl methyl sites for hydroxylation is 1. The van der Waals surface area contributed by atoms with Gasteiger partial charge in [-0.2, -0.15) is 5.10 Å². The van der Waals surface area contributed by atoms with Crippen LogP contribution in [0.4, 0.5) is 0 Å². The Labute approximate surface area is 137 Å². The van der Waals surface area contributed by atoms with Gasteiger partial charge in [-0.1, -0.05) is 30.4 Å². The molecule has 0 fully saturated rings. The lowest BCUT2D eigenvalue weighted by molar-refractivity contribution is -0.123. The van der Waals surface area contributed by atoms with Crippen LogP contribution in [0.15, 0.2) is 53.2 Å². The maximum absolute atomic E-state index is 11.9. The summed E-state index contributed by atoms with van der Waals surface area (Å²) in [5.74, 6) is 0.825. The summed E-state index contributed by atoms with van der Waals surface area (Å²) in [4.78, 5) is 11.9. The molecule has 0 bridgehead atoms. The third kappa shape index (κ3) is 5.09. The molecule has 1 aromatic rings. The smallest absolute Gasteiger partial charge is 0.277 e. The van der Waals surface area contributed by atoms with E-state index >= 15 is 0 Å². The Kier molecular flexibility index (Phi) is 5.74. The molecule has 0 saturated carbocycles. The van der Waals surface area contributed by atoms with Crippen molar-refractivity contribution in [3.05, 3.63) is 53.6 Å². The number of carbonyl (C=O) groups is 1. The zero-order chi connectivity index (χ0) is 16.8. The predicted molar refractivity (Wildman–Crippen MR) is 93.5 cm³/mol. The third-order valence-corrected chi connectivity index (χ3v) is 3.98. The number of amides is 1. The number of nitrogens with one attached hydrogen (secondary N) is 1. The van der Waals surface area contributed by atoms with Crippen LogP contribution in [-0.2, 0) is 4.79 Å². The van der Waals surface area contributed by atoms with Gasteiger partial charge in [-0.25, -0.2) is 5.43 Å². The largest absolute Gasteiger partial charge is 0.484 e. The highest BCUT2D eigenvalue weighted by atomic mass is 16.5. The number of hydrazone groups is 1. The van der Waals surface area contributed by atoms with E-state index in [1.54, 1.807) is 0 Å². The van der Waals surface area contributed by atoms with E-state index in [0.717, 1.165) is 35.3 Å². The topological polar surface area (TPSA) is 50.7 Å². The van der Waals surface area contributed by atoms with Gasteiger partial charge >= 0.3 is 0 Å². The number of nitrogens with zero attached hydrogens (tertiary/aromatic N) is 1. The van der Waals surface area contributed by atoms with E-state index < -0.39 is 0 Å². The van der Waals surface area contributed by atoms with Gasteiger partial charge in [0, 0.05) is 0 Å². The number of benzene rings is 1. The molecule has 0 spiro atoms. The summed E-state index contributed by atoms with van der Waals surface area (Å²) < 4.78 is 5.46. The average Bonchev–Trinajstić information content (AvgIpc) is 2.52. The fourth-order valence-corrected chi connectivity index (χ4v) is 2.44. The molecule has 1 N–H and O–H groups in total. The van der Waals surface area contributed by atoms with Crippen molar-refractivity contribution in [1.82, 2.24) is 5.43 Å². The molecule has 0 aromatic heterocycles. The van der Waals surface area contributed by atoms with E-state index in [2.05, 4.69) is 23.2 Å². The van der Waals surface area contributed by atoms with Crippen molar-refractivity contribution in [3.8, 4) is 5.75 Å². The van der Waals surface area contributed by atoms with Gasteiger partial charge in [0.15, 0.2) is 6.61 Å². The Morgan fingerprint density at radius 1 is 1.43 bits per heavy atom. The first-order chi connectivity index (χ1) is 11.0. The maximum Gasteiger partial charge on any atom is 0.277 e. The molecule has 4 nitrogen and oxygen atoms in total. The van der Waals surface area contributed by atoms with Gasteiger partial charge in [-0.05, 0) is 62.8 Å². The van der Waals surface area contributed by atoms with Gasteiger partial charge in [0.25, 0.3) is 5.91 Å². The summed E-state index contributed by atoms with van der Waals surface area (Å²) in [6.07, 6.45) is 3.96. The van der Waals surface area contributed by atoms with Crippen LogP contribution in [0.3, 0.4) is 0 Å². The van der Waals surface area contributed by atoms with E-state index in [1.807, 2.05) is 45.0 Å².